The van der Waals surface area contributed by atoms with E-state index < -0.39 is 109 Å². The molecule has 0 saturated carbocycles. The molecule has 21 nitrogen and oxygen atoms in total. The predicted octanol–water partition coefficient (Wildman–Crippen LogP) is -3.82. The molecule has 0 saturated heterocycles. The van der Waals surface area contributed by atoms with E-state index in [0.29, 0.717) is 11.1 Å². The number of carboxylic acids is 1. The summed E-state index contributed by atoms with van der Waals surface area (Å²) in [4.78, 5) is 115. The first-order valence-electron chi connectivity index (χ1n) is 18.5. The molecule has 2 aromatic carbocycles. The maximum atomic E-state index is 13.6. The maximum absolute atomic E-state index is 13.6. The van der Waals surface area contributed by atoms with Crippen molar-refractivity contribution >= 4 is 53.2 Å². The van der Waals surface area contributed by atoms with Crippen molar-refractivity contribution in [1.29, 1.82) is 0 Å². The van der Waals surface area contributed by atoms with Gasteiger partial charge in [-0.25, -0.2) is 4.79 Å². The number of carbonyl (C=O) groups is 9. The van der Waals surface area contributed by atoms with Gasteiger partial charge in [-0.1, -0.05) is 56.3 Å². The summed E-state index contributed by atoms with van der Waals surface area (Å²) in [5.41, 5.74) is 11.7. The van der Waals surface area contributed by atoms with Gasteiger partial charge in [-0.15, -0.1) is 0 Å². The Labute approximate surface area is 339 Å². The second kappa shape index (κ2) is 23.6. The minimum atomic E-state index is -1.77. The van der Waals surface area contributed by atoms with Crippen molar-refractivity contribution in [3.05, 3.63) is 65.7 Å². The third-order valence-electron chi connectivity index (χ3n) is 8.65. The summed E-state index contributed by atoms with van der Waals surface area (Å²) < 4.78 is 0. The minimum Gasteiger partial charge on any atom is -0.508 e. The van der Waals surface area contributed by atoms with Crippen LogP contribution in [0.4, 0.5) is 0 Å². The zero-order chi connectivity index (χ0) is 44.4. The molecular weight excluding hydrogens is 774 g/mol. The first-order chi connectivity index (χ1) is 27.7. The van der Waals surface area contributed by atoms with Gasteiger partial charge in [0, 0.05) is 12.8 Å². The van der Waals surface area contributed by atoms with Crippen LogP contribution in [0.15, 0.2) is 54.6 Å². The number of aliphatic carboxylic acids is 1. The van der Waals surface area contributed by atoms with E-state index in [1.165, 1.54) is 31.2 Å². The Balaban J connectivity index is 2.24. The summed E-state index contributed by atoms with van der Waals surface area (Å²) in [7, 11) is 0. The first kappa shape index (κ1) is 48.5. The van der Waals surface area contributed by atoms with Gasteiger partial charge in [-0.05, 0) is 43.0 Å². The fraction of sp³-hybridized carbons (Fsp3) is 0.447. The Morgan fingerprint density at radius 3 is 1.66 bits per heavy atom. The van der Waals surface area contributed by atoms with Crippen LogP contribution in [0.1, 0.15) is 45.2 Å². The van der Waals surface area contributed by atoms with Gasteiger partial charge in [0.25, 0.3) is 0 Å². The number of rotatable bonds is 23. The number of amides is 8. The molecule has 0 unspecified atom stereocenters. The summed E-state index contributed by atoms with van der Waals surface area (Å²) in [6, 6.07) is 5.24. The molecule has 0 aliphatic heterocycles. The molecule has 0 radical (unpaired) electrons. The molecule has 0 bridgehead atoms. The van der Waals surface area contributed by atoms with E-state index in [0.717, 1.165) is 6.92 Å². The van der Waals surface area contributed by atoms with Gasteiger partial charge in [0.15, 0.2) is 6.04 Å². The van der Waals surface area contributed by atoms with Crippen molar-refractivity contribution in [2.45, 2.75) is 89.3 Å². The normalized spacial score (nSPS) is 14.4. The Morgan fingerprint density at radius 2 is 1.14 bits per heavy atom. The summed E-state index contributed by atoms with van der Waals surface area (Å²) in [6.45, 7) is 4.79. The van der Waals surface area contributed by atoms with Crippen molar-refractivity contribution in [3.8, 4) is 5.75 Å². The lowest BCUT2D eigenvalue weighted by Gasteiger charge is -2.26. The zero-order valence-corrected chi connectivity index (χ0v) is 33.0. The first-order valence-corrected chi connectivity index (χ1v) is 18.5. The molecule has 7 atom stereocenters. The number of nitrogens with two attached hydrogens (primary N) is 2. The number of aliphatic hydroxyl groups is 1. The average molecular weight is 828 g/mol. The van der Waals surface area contributed by atoms with Crippen molar-refractivity contribution < 1.29 is 58.5 Å². The van der Waals surface area contributed by atoms with E-state index in [2.05, 4.69) is 37.2 Å². The van der Waals surface area contributed by atoms with Crippen LogP contribution in [0.2, 0.25) is 0 Å². The predicted molar refractivity (Wildman–Crippen MR) is 209 cm³/mol. The molecule has 0 aliphatic carbocycles. The van der Waals surface area contributed by atoms with E-state index >= 15 is 0 Å². The van der Waals surface area contributed by atoms with Crippen LogP contribution in [-0.2, 0) is 56.0 Å². The lowest BCUT2D eigenvalue weighted by Crippen LogP contribution is -2.60. The third kappa shape index (κ3) is 16.8. The van der Waals surface area contributed by atoms with E-state index in [-0.39, 0.29) is 31.1 Å². The number of phenolic OH excluding ortho intramolecular Hbond substituents is 1. The highest BCUT2D eigenvalue weighted by molar-refractivity contribution is 5.98. The van der Waals surface area contributed by atoms with Crippen LogP contribution in [-0.4, -0.2) is 124 Å². The number of nitrogens with one attached hydrogen (secondary N) is 7. The second-order valence-electron chi connectivity index (χ2n) is 14.0. The van der Waals surface area contributed by atoms with Crippen LogP contribution in [0.3, 0.4) is 0 Å². The topological polar surface area (TPSA) is 351 Å². The number of phenols is 1. The van der Waals surface area contributed by atoms with E-state index in [4.69, 9.17) is 11.5 Å². The molecular formula is C38H53N9O12. The standard InChI is InChI=1S/C38H53N9O12/c1-19(2)31(46-29(51)17-39)37(57)41-18-30(52)43-25(14-22-8-6-5-7-9-22)34(54)42-20(3)33(53)44-27(16-28(40)50)35(55)45-26(15-23-10-12-24(49)13-11-23)36(56)47-32(21(4)48)38(58)59/h5-13,19-21,25-27,31-32,48-49H,14-18,39H2,1-4H3,(H2,40,50)(H,41,57)(H,42,54)(H,43,52)(H,44,53)(H,45,55)(H,46,51)(H,47,56)(H,58,59)/t20-,21+,25-,26-,27-,31-,32-/m0/s1. The van der Waals surface area contributed by atoms with Gasteiger partial charge in [-0.3, -0.25) is 38.4 Å². The number of carboxylic acid groups (broad SMARTS) is 1. The summed E-state index contributed by atoms with van der Waals surface area (Å²) >= 11 is 0. The molecule has 0 heterocycles. The van der Waals surface area contributed by atoms with Gasteiger partial charge in [-0.2, -0.15) is 0 Å². The Kier molecular flexibility index (Phi) is 19.4. The summed E-state index contributed by atoms with van der Waals surface area (Å²) in [5, 5.41) is 45.7. The molecule has 0 aliphatic rings. The Hall–Kier alpha value is -6.61. The molecule has 59 heavy (non-hydrogen) atoms. The highest BCUT2D eigenvalue weighted by atomic mass is 16.4. The van der Waals surface area contributed by atoms with E-state index in [1.807, 2.05) is 0 Å². The third-order valence-corrected chi connectivity index (χ3v) is 8.65. The van der Waals surface area contributed by atoms with Crippen LogP contribution in [0.25, 0.3) is 0 Å². The highest BCUT2D eigenvalue weighted by Crippen LogP contribution is 2.13. The van der Waals surface area contributed by atoms with Crippen LogP contribution in [0.5, 0.6) is 5.75 Å². The number of carbonyl (C=O) groups excluding carboxylic acids is 8. The Bertz CT molecular complexity index is 1810. The summed E-state index contributed by atoms with van der Waals surface area (Å²) in [6.07, 6.45) is -2.64. The van der Waals surface area contributed by atoms with Crippen LogP contribution >= 0.6 is 0 Å². The maximum Gasteiger partial charge on any atom is 0.328 e. The Morgan fingerprint density at radius 1 is 0.610 bits per heavy atom. The van der Waals surface area contributed by atoms with Crippen molar-refractivity contribution in [1.82, 2.24) is 37.2 Å². The quantitative estimate of drug-likeness (QED) is 0.0512. The number of benzene rings is 2. The molecule has 8 amide bonds. The monoisotopic (exact) mass is 827 g/mol. The number of hydrogen-bond acceptors (Lipinski definition) is 12. The van der Waals surface area contributed by atoms with E-state index in [1.54, 1.807) is 44.2 Å². The number of primary amides is 1. The SMILES string of the molecule is CC(C)[C@H](NC(=O)CN)C(=O)NCC(=O)N[C@@H](Cc1ccccc1)C(=O)N[C@@H](C)C(=O)N[C@@H](CC(N)=O)C(=O)N[C@@H](Cc1ccc(O)cc1)C(=O)N[C@H](C(=O)O)[C@@H](C)O. The number of aromatic hydroxyl groups is 1. The van der Waals surface area contributed by atoms with Crippen LogP contribution in [0, 0.1) is 5.92 Å². The number of aliphatic hydroxyl groups excluding tert-OH is 1. The molecule has 21 heteroatoms. The van der Waals surface area contributed by atoms with Gasteiger partial charge in [0.1, 0.15) is 36.0 Å². The fourth-order valence-corrected chi connectivity index (χ4v) is 5.43. The smallest absolute Gasteiger partial charge is 0.328 e. The van der Waals surface area contributed by atoms with Gasteiger partial charge < -0.3 is 64.0 Å². The van der Waals surface area contributed by atoms with Crippen LogP contribution < -0.4 is 48.7 Å². The molecule has 0 aromatic heterocycles. The summed E-state index contributed by atoms with van der Waals surface area (Å²) in [5.74, 6) is -9.09. The van der Waals surface area contributed by atoms with Crippen molar-refractivity contribution in [2.75, 3.05) is 13.1 Å². The molecule has 2 aromatic rings. The van der Waals surface area contributed by atoms with Gasteiger partial charge in [0.2, 0.25) is 47.3 Å². The molecule has 14 N–H and O–H groups in total. The van der Waals surface area contributed by atoms with Gasteiger partial charge in [0.05, 0.1) is 25.6 Å². The molecule has 0 fully saturated rings. The fourth-order valence-electron chi connectivity index (χ4n) is 5.43. The minimum absolute atomic E-state index is 0.0587. The number of hydrogen-bond donors (Lipinski definition) is 12. The second-order valence-corrected chi connectivity index (χ2v) is 14.0. The van der Waals surface area contributed by atoms with E-state index in [9.17, 15) is 58.5 Å². The zero-order valence-electron chi connectivity index (χ0n) is 33.0. The molecule has 0 spiro atoms. The average Bonchev–Trinajstić information content (AvgIpc) is 3.17. The van der Waals surface area contributed by atoms with Gasteiger partial charge >= 0.3 is 5.97 Å². The molecule has 2 rings (SSSR count). The largest absolute Gasteiger partial charge is 0.508 e. The lowest BCUT2D eigenvalue weighted by molar-refractivity contribution is -0.145. The van der Waals surface area contributed by atoms with Crippen molar-refractivity contribution in [3.63, 3.8) is 0 Å². The van der Waals surface area contributed by atoms with Crippen molar-refractivity contribution in [2.24, 2.45) is 17.4 Å². The highest BCUT2D eigenvalue weighted by Gasteiger charge is 2.34. The molecule has 322 valence electrons. The lowest BCUT2D eigenvalue weighted by atomic mass is 10.0.